The van der Waals surface area contributed by atoms with Gasteiger partial charge in [-0.05, 0) is 37.5 Å². The first kappa shape index (κ1) is 13.4. The van der Waals surface area contributed by atoms with E-state index in [2.05, 4.69) is 4.90 Å². The Bertz CT molecular complexity index is 515. The fraction of sp³-hybridized carbons (Fsp3) is 0.533. The molecule has 20 heavy (non-hydrogen) atoms. The third-order valence-corrected chi connectivity index (χ3v) is 4.04. The average molecular weight is 278 g/mol. The molecule has 0 aliphatic carbocycles. The van der Waals surface area contributed by atoms with Crippen LogP contribution in [0.4, 0.5) is 15.8 Å². The number of rotatable bonds is 2. The van der Waals surface area contributed by atoms with E-state index in [0.29, 0.717) is 11.4 Å². The number of aliphatic hydroxyl groups excluding tert-OH is 1. The van der Waals surface area contributed by atoms with E-state index in [1.165, 1.54) is 17.4 Å². The molecule has 5 heteroatoms. The summed E-state index contributed by atoms with van der Waals surface area (Å²) >= 11 is 0. The van der Waals surface area contributed by atoms with Crippen molar-refractivity contribution in [3.05, 3.63) is 24.0 Å². The Labute approximate surface area is 117 Å². The Morgan fingerprint density at radius 2 is 1.95 bits per heavy atom. The molecular weight excluding hydrogens is 259 g/mol. The Balaban J connectivity index is 1.82. The van der Waals surface area contributed by atoms with Crippen LogP contribution in [0.15, 0.2) is 18.2 Å². The number of β-amino-alcohol motifs (C(OH)–C–C–N with tert-alkyl or cyclic N) is 1. The fourth-order valence-corrected chi connectivity index (χ4v) is 2.99. The van der Waals surface area contributed by atoms with Gasteiger partial charge in [0.05, 0.1) is 24.8 Å². The smallest absolute Gasteiger partial charge is 0.229 e. The molecule has 1 atom stereocenters. The van der Waals surface area contributed by atoms with Crippen molar-refractivity contribution in [2.45, 2.75) is 31.8 Å². The van der Waals surface area contributed by atoms with E-state index >= 15 is 0 Å². The summed E-state index contributed by atoms with van der Waals surface area (Å²) in [4.78, 5) is 15.2. The minimum Gasteiger partial charge on any atom is -0.391 e. The van der Waals surface area contributed by atoms with Crippen LogP contribution < -0.4 is 9.80 Å². The largest absolute Gasteiger partial charge is 0.391 e. The second-order valence-electron chi connectivity index (χ2n) is 5.55. The van der Waals surface area contributed by atoms with Gasteiger partial charge in [0, 0.05) is 18.8 Å². The zero-order chi connectivity index (χ0) is 14.1. The van der Waals surface area contributed by atoms with Crippen molar-refractivity contribution >= 4 is 17.3 Å². The minimum atomic E-state index is -0.646. The van der Waals surface area contributed by atoms with E-state index in [-0.39, 0.29) is 24.7 Å². The second kappa shape index (κ2) is 5.40. The number of anilines is 2. The SMILES string of the molecule is O=C1CC(O)CN1c1ccc(N2CCCCC2)c(F)c1. The molecule has 0 spiro atoms. The average Bonchev–Trinajstić information content (AvgIpc) is 2.78. The number of hydrogen-bond acceptors (Lipinski definition) is 3. The zero-order valence-corrected chi connectivity index (χ0v) is 11.4. The van der Waals surface area contributed by atoms with E-state index in [0.717, 1.165) is 25.9 Å². The molecule has 2 fully saturated rings. The maximum atomic E-state index is 14.3. The summed E-state index contributed by atoms with van der Waals surface area (Å²) in [5.74, 6) is -0.443. The summed E-state index contributed by atoms with van der Waals surface area (Å²) in [7, 11) is 0. The predicted molar refractivity (Wildman–Crippen MR) is 75.4 cm³/mol. The third kappa shape index (κ3) is 2.50. The molecule has 2 saturated heterocycles. The van der Waals surface area contributed by atoms with Crippen molar-refractivity contribution in [2.24, 2.45) is 0 Å². The van der Waals surface area contributed by atoms with Crippen LogP contribution in [0.1, 0.15) is 25.7 Å². The van der Waals surface area contributed by atoms with Gasteiger partial charge >= 0.3 is 0 Å². The first-order valence-corrected chi connectivity index (χ1v) is 7.18. The number of amides is 1. The van der Waals surface area contributed by atoms with Gasteiger partial charge < -0.3 is 14.9 Å². The van der Waals surface area contributed by atoms with Crippen LogP contribution in [0.25, 0.3) is 0 Å². The Hall–Kier alpha value is -1.62. The molecule has 0 aromatic heterocycles. The molecule has 0 saturated carbocycles. The maximum Gasteiger partial charge on any atom is 0.229 e. The van der Waals surface area contributed by atoms with Crippen molar-refractivity contribution < 1.29 is 14.3 Å². The number of piperidine rings is 1. The van der Waals surface area contributed by atoms with Crippen LogP contribution in [0, 0.1) is 5.82 Å². The van der Waals surface area contributed by atoms with Crippen molar-refractivity contribution in [2.75, 3.05) is 29.4 Å². The lowest BCUT2D eigenvalue weighted by Crippen LogP contribution is -2.30. The van der Waals surface area contributed by atoms with Gasteiger partial charge in [-0.1, -0.05) is 0 Å². The van der Waals surface area contributed by atoms with E-state index < -0.39 is 6.10 Å². The Morgan fingerprint density at radius 3 is 2.55 bits per heavy atom. The lowest BCUT2D eigenvalue weighted by molar-refractivity contribution is -0.117. The quantitative estimate of drug-likeness (QED) is 0.898. The lowest BCUT2D eigenvalue weighted by Gasteiger charge is -2.29. The zero-order valence-electron chi connectivity index (χ0n) is 11.4. The van der Waals surface area contributed by atoms with Crippen LogP contribution in [0.3, 0.4) is 0 Å². The number of carbonyl (C=O) groups is 1. The molecule has 2 aliphatic rings. The topological polar surface area (TPSA) is 43.8 Å². The third-order valence-electron chi connectivity index (χ3n) is 4.04. The van der Waals surface area contributed by atoms with E-state index in [1.54, 1.807) is 12.1 Å². The van der Waals surface area contributed by atoms with Crippen molar-refractivity contribution in [1.29, 1.82) is 0 Å². The highest BCUT2D eigenvalue weighted by Gasteiger charge is 2.29. The van der Waals surface area contributed by atoms with Gasteiger partial charge in [-0.2, -0.15) is 0 Å². The van der Waals surface area contributed by atoms with Crippen LogP contribution in [0.5, 0.6) is 0 Å². The molecule has 3 rings (SSSR count). The highest BCUT2D eigenvalue weighted by molar-refractivity contribution is 5.96. The van der Waals surface area contributed by atoms with Gasteiger partial charge in [0.2, 0.25) is 5.91 Å². The van der Waals surface area contributed by atoms with Gasteiger partial charge in [0.1, 0.15) is 5.82 Å². The Morgan fingerprint density at radius 1 is 1.20 bits per heavy atom. The van der Waals surface area contributed by atoms with Crippen LogP contribution in [-0.4, -0.2) is 36.8 Å². The molecule has 1 N–H and O–H groups in total. The van der Waals surface area contributed by atoms with E-state index in [4.69, 9.17) is 0 Å². The molecule has 0 radical (unpaired) electrons. The summed E-state index contributed by atoms with van der Waals surface area (Å²) < 4.78 is 14.3. The van der Waals surface area contributed by atoms with Gasteiger partial charge in [0.25, 0.3) is 0 Å². The summed E-state index contributed by atoms with van der Waals surface area (Å²) in [6.07, 6.45) is 2.87. The number of halogens is 1. The summed E-state index contributed by atoms with van der Waals surface area (Å²) in [5.41, 5.74) is 1.14. The molecular formula is C15H19FN2O2. The van der Waals surface area contributed by atoms with Gasteiger partial charge in [-0.25, -0.2) is 4.39 Å². The van der Waals surface area contributed by atoms with Crippen LogP contribution in [0.2, 0.25) is 0 Å². The molecule has 1 unspecified atom stereocenters. The molecule has 2 aliphatic heterocycles. The van der Waals surface area contributed by atoms with Gasteiger partial charge in [-0.15, -0.1) is 0 Å². The number of aliphatic hydroxyl groups is 1. The monoisotopic (exact) mass is 278 g/mol. The molecule has 4 nitrogen and oxygen atoms in total. The van der Waals surface area contributed by atoms with Gasteiger partial charge in [-0.3, -0.25) is 4.79 Å². The maximum absolute atomic E-state index is 14.3. The highest BCUT2D eigenvalue weighted by atomic mass is 19.1. The number of carbonyl (C=O) groups excluding carboxylic acids is 1. The van der Waals surface area contributed by atoms with Crippen molar-refractivity contribution in [3.8, 4) is 0 Å². The molecule has 0 bridgehead atoms. The normalized spacial score (nSPS) is 23.5. The fourth-order valence-electron chi connectivity index (χ4n) is 2.99. The molecule has 1 aromatic carbocycles. The number of hydrogen-bond donors (Lipinski definition) is 1. The van der Waals surface area contributed by atoms with E-state index in [9.17, 15) is 14.3 Å². The number of benzene rings is 1. The summed E-state index contributed by atoms with van der Waals surface area (Å²) in [6, 6.07) is 4.91. The first-order valence-electron chi connectivity index (χ1n) is 7.18. The van der Waals surface area contributed by atoms with Crippen molar-refractivity contribution in [1.82, 2.24) is 0 Å². The molecule has 1 aromatic rings. The summed E-state index contributed by atoms with van der Waals surface area (Å²) in [6.45, 7) is 2.02. The lowest BCUT2D eigenvalue weighted by atomic mass is 10.1. The molecule has 108 valence electrons. The number of nitrogens with zero attached hydrogens (tertiary/aromatic N) is 2. The second-order valence-corrected chi connectivity index (χ2v) is 5.55. The van der Waals surface area contributed by atoms with Crippen LogP contribution >= 0.6 is 0 Å². The van der Waals surface area contributed by atoms with Gasteiger partial charge in [0.15, 0.2) is 0 Å². The van der Waals surface area contributed by atoms with E-state index in [1.807, 2.05) is 0 Å². The van der Waals surface area contributed by atoms with Crippen LogP contribution in [-0.2, 0) is 4.79 Å². The van der Waals surface area contributed by atoms with Crippen molar-refractivity contribution in [3.63, 3.8) is 0 Å². The standard InChI is InChI=1S/C15H19FN2O2/c16-13-8-11(18-10-12(19)9-15(18)20)4-5-14(13)17-6-2-1-3-7-17/h4-5,8,12,19H,1-3,6-7,9-10H2. The molecule has 1 amide bonds. The predicted octanol–water partition coefficient (Wildman–Crippen LogP) is 1.91. The minimum absolute atomic E-state index is 0.121. The Kier molecular flexibility index (Phi) is 3.61. The summed E-state index contributed by atoms with van der Waals surface area (Å²) in [5, 5.41) is 9.49. The first-order chi connectivity index (χ1) is 9.65. The molecule has 2 heterocycles. The highest BCUT2D eigenvalue weighted by Crippen LogP contribution is 2.29.